The van der Waals surface area contributed by atoms with Crippen molar-refractivity contribution < 1.29 is 14.7 Å². The molecule has 0 aliphatic carbocycles. The number of anilines is 1. The van der Waals surface area contributed by atoms with Gasteiger partial charge in [0.05, 0.1) is 23.1 Å². The maximum Gasteiger partial charge on any atom is 0.356 e. The van der Waals surface area contributed by atoms with E-state index in [0.717, 1.165) is 0 Å². The number of amides is 1. The monoisotopic (exact) mass is 368 g/mol. The Hall–Kier alpha value is -3.77. The molecule has 9 nitrogen and oxygen atoms in total. The van der Waals surface area contributed by atoms with E-state index in [1.54, 1.807) is 18.5 Å². The zero-order chi connectivity index (χ0) is 18.7. The second kappa shape index (κ2) is 7.00. The van der Waals surface area contributed by atoms with Gasteiger partial charge in [-0.1, -0.05) is 17.5 Å². The minimum atomic E-state index is -1.37. The van der Waals surface area contributed by atoms with Crippen LogP contribution in [0.3, 0.4) is 0 Å². The smallest absolute Gasteiger partial charge is 0.356 e. The third-order valence-electron chi connectivity index (χ3n) is 3.27. The van der Waals surface area contributed by atoms with Crippen LogP contribution in [0.5, 0.6) is 0 Å². The molecule has 0 aliphatic rings. The number of nitrogens with one attached hydrogen (secondary N) is 2. The van der Waals surface area contributed by atoms with Crippen molar-refractivity contribution in [2.75, 3.05) is 5.32 Å². The summed E-state index contributed by atoms with van der Waals surface area (Å²) in [6.07, 6.45) is 8.47. The van der Waals surface area contributed by atoms with Crippen LogP contribution in [0.2, 0.25) is 5.15 Å². The highest BCUT2D eigenvalue weighted by atomic mass is 35.5. The molecule has 0 radical (unpaired) electrons. The fraction of sp³-hybridized carbons (Fsp3) is 0. The van der Waals surface area contributed by atoms with Crippen molar-refractivity contribution in [2.45, 2.75) is 0 Å². The molecule has 0 fully saturated rings. The van der Waals surface area contributed by atoms with E-state index in [1.807, 2.05) is 0 Å². The van der Waals surface area contributed by atoms with E-state index >= 15 is 0 Å². The van der Waals surface area contributed by atoms with E-state index in [1.165, 1.54) is 12.1 Å². The fourth-order valence-corrected chi connectivity index (χ4v) is 2.23. The number of hydrogen-bond donors (Lipinski definition) is 3. The molecule has 3 rings (SSSR count). The first-order valence-corrected chi connectivity index (χ1v) is 7.42. The molecule has 1 amide bonds. The summed E-state index contributed by atoms with van der Waals surface area (Å²) in [6, 6.07) is 4.28. The Kier molecular flexibility index (Phi) is 4.59. The second-order valence-corrected chi connectivity index (χ2v) is 5.28. The Morgan fingerprint density at radius 2 is 2.12 bits per heavy atom. The van der Waals surface area contributed by atoms with Gasteiger partial charge in [0.15, 0.2) is 11.4 Å². The van der Waals surface area contributed by atoms with Crippen LogP contribution < -0.4 is 5.32 Å². The predicted octanol–water partition coefficient (Wildman–Crippen LogP) is 1.85. The summed E-state index contributed by atoms with van der Waals surface area (Å²) in [5.41, 5.74) is 0.813. The maximum absolute atomic E-state index is 12.3. The normalized spacial score (nSPS) is 10.2. The number of rotatable bonds is 4. The van der Waals surface area contributed by atoms with Crippen molar-refractivity contribution in [3.63, 3.8) is 0 Å². The van der Waals surface area contributed by atoms with Crippen LogP contribution >= 0.6 is 11.6 Å². The molecule has 0 atom stereocenters. The van der Waals surface area contributed by atoms with Crippen LogP contribution in [-0.4, -0.2) is 42.4 Å². The van der Waals surface area contributed by atoms with Crippen molar-refractivity contribution in [1.82, 2.24) is 25.4 Å². The fourth-order valence-electron chi connectivity index (χ4n) is 2.04. The number of terminal acetylenes is 1. The Morgan fingerprint density at radius 1 is 1.31 bits per heavy atom. The van der Waals surface area contributed by atoms with Crippen molar-refractivity contribution in [3.05, 3.63) is 52.7 Å². The number of H-pyrrole nitrogens is 1. The van der Waals surface area contributed by atoms with Crippen LogP contribution in [0.15, 0.2) is 30.6 Å². The van der Waals surface area contributed by atoms with Gasteiger partial charge in [0, 0.05) is 11.8 Å². The number of nitrogens with zero attached hydrogens (tertiary/aromatic N) is 4. The standard InChI is InChI=1S/C16H9ClN6O3/c1-2-8-5-12(13(16(25)26)21-14(8)17)20-15(24)11-4-3-10(22-23-11)9-6-18-19-7-9/h1,3-7H,(H,18,19)(H,20,24)(H,25,26). The highest BCUT2D eigenvalue weighted by Gasteiger charge is 2.19. The number of carboxylic acid groups (broad SMARTS) is 1. The molecule has 0 saturated carbocycles. The molecule has 0 bridgehead atoms. The molecule has 128 valence electrons. The predicted molar refractivity (Wildman–Crippen MR) is 91.7 cm³/mol. The highest BCUT2D eigenvalue weighted by Crippen LogP contribution is 2.22. The third kappa shape index (κ3) is 3.35. The number of pyridine rings is 1. The number of hydrogen-bond acceptors (Lipinski definition) is 6. The number of aromatic carboxylic acids is 1. The lowest BCUT2D eigenvalue weighted by atomic mass is 10.2. The average molecular weight is 369 g/mol. The van der Waals surface area contributed by atoms with E-state index in [9.17, 15) is 14.7 Å². The molecule has 0 spiro atoms. The summed E-state index contributed by atoms with van der Waals surface area (Å²) in [4.78, 5) is 27.3. The zero-order valence-electron chi connectivity index (χ0n) is 12.9. The first kappa shape index (κ1) is 17.1. The Balaban J connectivity index is 1.88. The lowest BCUT2D eigenvalue weighted by Gasteiger charge is -2.09. The number of aromatic amines is 1. The lowest BCUT2D eigenvalue weighted by molar-refractivity contribution is 0.0691. The second-order valence-electron chi connectivity index (χ2n) is 4.92. The van der Waals surface area contributed by atoms with E-state index in [4.69, 9.17) is 18.0 Å². The van der Waals surface area contributed by atoms with Gasteiger partial charge in [-0.15, -0.1) is 16.6 Å². The van der Waals surface area contributed by atoms with Crippen molar-refractivity contribution >= 4 is 29.2 Å². The summed E-state index contributed by atoms with van der Waals surface area (Å²) < 4.78 is 0. The van der Waals surface area contributed by atoms with Crippen molar-refractivity contribution in [1.29, 1.82) is 0 Å². The van der Waals surface area contributed by atoms with E-state index in [-0.39, 0.29) is 22.1 Å². The van der Waals surface area contributed by atoms with Gasteiger partial charge in [0.1, 0.15) is 5.15 Å². The van der Waals surface area contributed by atoms with Gasteiger partial charge in [-0.2, -0.15) is 5.10 Å². The summed E-state index contributed by atoms with van der Waals surface area (Å²) >= 11 is 5.81. The summed E-state index contributed by atoms with van der Waals surface area (Å²) in [5, 5.41) is 25.7. The molecule has 3 aromatic heterocycles. The molecule has 10 heteroatoms. The van der Waals surface area contributed by atoms with Gasteiger partial charge in [-0.25, -0.2) is 9.78 Å². The first-order chi connectivity index (χ1) is 12.5. The quantitative estimate of drug-likeness (QED) is 0.472. The number of aromatic nitrogens is 5. The van der Waals surface area contributed by atoms with Crippen LogP contribution in [0.4, 0.5) is 5.69 Å². The number of carbonyl (C=O) groups excluding carboxylic acids is 1. The topological polar surface area (TPSA) is 134 Å². The van der Waals surface area contributed by atoms with Gasteiger partial charge < -0.3 is 10.4 Å². The maximum atomic E-state index is 12.3. The van der Waals surface area contributed by atoms with Gasteiger partial charge >= 0.3 is 5.97 Å². The number of carboxylic acids is 1. The molecule has 0 saturated heterocycles. The third-order valence-corrected chi connectivity index (χ3v) is 3.56. The van der Waals surface area contributed by atoms with E-state index < -0.39 is 17.6 Å². The molecule has 0 aromatic carbocycles. The number of carbonyl (C=O) groups is 2. The van der Waals surface area contributed by atoms with Crippen molar-refractivity contribution in [2.24, 2.45) is 0 Å². The molecule has 0 aliphatic heterocycles. The highest BCUT2D eigenvalue weighted by molar-refractivity contribution is 6.31. The van der Waals surface area contributed by atoms with Gasteiger partial charge in [-0.05, 0) is 18.2 Å². The number of halogens is 1. The average Bonchev–Trinajstić information content (AvgIpc) is 3.17. The summed E-state index contributed by atoms with van der Waals surface area (Å²) in [5.74, 6) is 0.219. The van der Waals surface area contributed by atoms with E-state index in [2.05, 4.69) is 36.6 Å². The first-order valence-electron chi connectivity index (χ1n) is 7.04. The molecule has 26 heavy (non-hydrogen) atoms. The Morgan fingerprint density at radius 3 is 2.69 bits per heavy atom. The SMILES string of the molecule is C#Cc1cc(NC(=O)c2ccc(-c3cn[nH]c3)nn2)c(C(=O)O)nc1Cl. The molecule has 3 heterocycles. The summed E-state index contributed by atoms with van der Waals surface area (Å²) in [7, 11) is 0. The Labute approximate surface area is 151 Å². The van der Waals surface area contributed by atoms with Gasteiger partial charge in [0.2, 0.25) is 0 Å². The van der Waals surface area contributed by atoms with Crippen molar-refractivity contribution in [3.8, 4) is 23.6 Å². The molecule has 3 N–H and O–H groups in total. The largest absolute Gasteiger partial charge is 0.476 e. The van der Waals surface area contributed by atoms with Crippen LogP contribution in [0, 0.1) is 12.3 Å². The van der Waals surface area contributed by atoms with Crippen LogP contribution in [0.25, 0.3) is 11.3 Å². The van der Waals surface area contributed by atoms with Gasteiger partial charge in [-0.3, -0.25) is 9.89 Å². The molecular weight excluding hydrogens is 360 g/mol. The molecule has 3 aromatic rings. The van der Waals surface area contributed by atoms with Gasteiger partial charge in [0.25, 0.3) is 5.91 Å². The van der Waals surface area contributed by atoms with Crippen LogP contribution in [0.1, 0.15) is 26.5 Å². The minimum Gasteiger partial charge on any atom is -0.476 e. The van der Waals surface area contributed by atoms with Crippen LogP contribution in [-0.2, 0) is 0 Å². The zero-order valence-corrected chi connectivity index (χ0v) is 13.7. The molecule has 0 unspecified atom stereocenters. The lowest BCUT2D eigenvalue weighted by Crippen LogP contribution is -2.18. The minimum absolute atomic E-state index is 0.0224. The van der Waals surface area contributed by atoms with E-state index in [0.29, 0.717) is 11.3 Å². The summed E-state index contributed by atoms with van der Waals surface area (Å²) in [6.45, 7) is 0. The Bertz CT molecular complexity index is 1030. The molecular formula is C16H9ClN6O3.